The summed E-state index contributed by atoms with van der Waals surface area (Å²) in [5, 5.41) is 29.7. The smallest absolute Gasteiger partial charge is 0.246 e. The van der Waals surface area contributed by atoms with Crippen molar-refractivity contribution in [3.05, 3.63) is 24.0 Å². The maximum Gasteiger partial charge on any atom is 0.246 e. The molecular weight excluding hydrogens is 1230 g/mol. The molecule has 536 valence electrons. The van der Waals surface area contributed by atoms with Gasteiger partial charge in [0.25, 0.3) is 0 Å². The minimum absolute atomic E-state index is 0.0772. The molecule has 26 nitrogen and oxygen atoms in total. The highest BCUT2D eigenvalue weighted by atomic mass is 16.3. The number of nitrogens with one attached hydrogen (secondary N) is 3. The Bertz CT molecular complexity index is 3180. The number of fused-ring (bicyclic) bond motifs is 1. The van der Waals surface area contributed by atoms with Crippen LogP contribution in [-0.4, -0.2) is 239 Å². The van der Waals surface area contributed by atoms with Crippen LogP contribution in [0, 0.1) is 59.2 Å². The fourth-order valence-corrected chi connectivity index (χ4v) is 13.0. The van der Waals surface area contributed by atoms with Crippen LogP contribution in [0.3, 0.4) is 0 Å². The number of tetrazole rings is 1. The highest BCUT2D eigenvalue weighted by Gasteiger charge is 2.46. The monoisotopic (exact) mass is 1340 g/mol. The van der Waals surface area contributed by atoms with Crippen molar-refractivity contribution in [1.29, 1.82) is 0 Å². The van der Waals surface area contributed by atoms with E-state index in [-0.39, 0.29) is 75.0 Å². The summed E-state index contributed by atoms with van der Waals surface area (Å²) in [7, 11) is 10.2. The highest BCUT2D eigenvalue weighted by molar-refractivity contribution is 5.99. The maximum absolute atomic E-state index is 15.5. The number of aliphatic hydroxyl groups is 1. The number of amides is 8. The van der Waals surface area contributed by atoms with E-state index in [0.29, 0.717) is 28.2 Å². The van der Waals surface area contributed by atoms with Crippen LogP contribution in [0.2, 0.25) is 0 Å². The van der Waals surface area contributed by atoms with Gasteiger partial charge in [0, 0.05) is 98.3 Å². The topological polar surface area (TPSA) is 326 Å². The molecule has 1 fully saturated rings. The molecule has 3 heterocycles. The Morgan fingerprint density at radius 1 is 0.552 bits per heavy atom. The number of hydrogen-bond acceptors (Lipinski definition) is 16. The standard InChI is InChI=1S/C70H114N14O12/c1-24-46-34-57(87)61(62(89)43(14)32-58-72-49-26-25-47(33-50(49)73-58)63-74-76-77-75-63)84(23)70(96)60(42(12)13)83(22)69(95)54(30-40(8)9)82(21)68(94)53(29-39(6)7)81(20)65(91)45(16)71-64(90)44(15)31-55(85)52(28-38(4)5)80(19)67(93)48(41(10)11)35-56(86)51(27-37(2)3)79(18)59(88)36-78(17)66(46)92/h25-26,33,37-46,48,51-54,60-62,89H,24,27-32,34-36H2,1-23H3,(H,71,90)(H,72,73)(H,74,75,76,77)/t43-,44-,45-,46-,48+,51+,52+,53+,54+,60+,61-,62-/m1/s1. The lowest BCUT2D eigenvalue weighted by molar-refractivity contribution is -0.157. The minimum atomic E-state index is -1.62. The predicted molar refractivity (Wildman–Crippen MR) is 366 cm³/mol. The van der Waals surface area contributed by atoms with Gasteiger partial charge in [-0.1, -0.05) is 104 Å². The predicted octanol–water partition coefficient (Wildman–Crippen LogP) is 5.87. The molecule has 26 heteroatoms. The Labute approximate surface area is 568 Å². The lowest BCUT2D eigenvalue weighted by Gasteiger charge is -2.41. The summed E-state index contributed by atoms with van der Waals surface area (Å²) in [5.41, 5.74) is 1.88. The first-order chi connectivity index (χ1) is 44.7. The van der Waals surface area contributed by atoms with Crippen LogP contribution in [0.25, 0.3) is 22.4 Å². The van der Waals surface area contributed by atoms with Gasteiger partial charge in [-0.15, -0.1) is 10.2 Å². The van der Waals surface area contributed by atoms with Gasteiger partial charge in [0.2, 0.25) is 53.1 Å². The second-order valence-electron chi connectivity index (χ2n) is 29.6. The molecule has 4 rings (SSSR count). The minimum Gasteiger partial charge on any atom is -0.390 e. The molecule has 0 unspecified atom stereocenters. The van der Waals surface area contributed by atoms with E-state index < -0.39 is 161 Å². The van der Waals surface area contributed by atoms with Gasteiger partial charge < -0.3 is 49.7 Å². The van der Waals surface area contributed by atoms with Crippen molar-refractivity contribution < 1.29 is 57.8 Å². The molecule has 0 radical (unpaired) electrons. The number of Topliss-reactive ketones (excluding diaryl/α,β-unsaturated/α-hetero) is 3. The summed E-state index contributed by atoms with van der Waals surface area (Å²) < 4.78 is 0. The van der Waals surface area contributed by atoms with Crippen LogP contribution in [0.5, 0.6) is 0 Å². The molecule has 0 saturated carbocycles. The number of aromatic nitrogens is 6. The fourth-order valence-electron chi connectivity index (χ4n) is 13.0. The number of benzene rings is 1. The van der Waals surface area contributed by atoms with E-state index in [2.05, 4.69) is 30.9 Å². The summed E-state index contributed by atoms with van der Waals surface area (Å²) in [4.78, 5) is 180. The third kappa shape index (κ3) is 20.8. The van der Waals surface area contributed by atoms with Crippen molar-refractivity contribution in [2.75, 3.05) is 55.9 Å². The van der Waals surface area contributed by atoms with Crippen LogP contribution in [0.1, 0.15) is 168 Å². The van der Waals surface area contributed by atoms with Crippen molar-refractivity contribution in [2.45, 2.75) is 217 Å². The van der Waals surface area contributed by atoms with Gasteiger partial charge in [0.15, 0.2) is 17.3 Å². The molecule has 1 aromatic carbocycles. The first-order valence-corrected chi connectivity index (χ1v) is 34.3. The number of ketones is 3. The lowest BCUT2D eigenvalue weighted by atomic mass is 9.84. The number of aliphatic hydroxyl groups excluding tert-OH is 1. The van der Waals surface area contributed by atoms with E-state index in [1.165, 1.54) is 85.7 Å². The van der Waals surface area contributed by atoms with Crippen LogP contribution >= 0.6 is 0 Å². The molecule has 1 saturated heterocycles. The first-order valence-electron chi connectivity index (χ1n) is 34.3. The summed E-state index contributed by atoms with van der Waals surface area (Å²) in [5.74, 6) is -10.8. The van der Waals surface area contributed by atoms with Gasteiger partial charge in [0.05, 0.1) is 35.8 Å². The van der Waals surface area contributed by atoms with Crippen molar-refractivity contribution in [3.63, 3.8) is 0 Å². The number of carbonyl (C=O) groups excluding carboxylic acids is 11. The summed E-state index contributed by atoms with van der Waals surface area (Å²) in [6, 6.07) is -3.09. The van der Waals surface area contributed by atoms with Gasteiger partial charge >= 0.3 is 0 Å². The lowest BCUT2D eigenvalue weighted by Crippen LogP contribution is -2.62. The van der Waals surface area contributed by atoms with Crippen molar-refractivity contribution in [2.24, 2.45) is 59.2 Å². The Morgan fingerprint density at radius 3 is 1.56 bits per heavy atom. The fraction of sp³-hybridized carbons (Fsp3) is 0.729. The number of H-pyrrole nitrogens is 2. The largest absolute Gasteiger partial charge is 0.390 e. The molecule has 96 heavy (non-hydrogen) atoms. The van der Waals surface area contributed by atoms with Crippen LogP contribution in [0.15, 0.2) is 18.2 Å². The zero-order valence-corrected chi connectivity index (χ0v) is 61.6. The molecule has 1 aliphatic rings. The average molecular weight is 1340 g/mol. The van der Waals surface area contributed by atoms with E-state index in [4.69, 9.17) is 4.98 Å². The van der Waals surface area contributed by atoms with Gasteiger partial charge in [-0.2, -0.15) is 5.21 Å². The van der Waals surface area contributed by atoms with Gasteiger partial charge in [0.1, 0.15) is 36.0 Å². The van der Waals surface area contributed by atoms with E-state index in [1.807, 2.05) is 55.4 Å². The Hall–Kier alpha value is -7.51. The van der Waals surface area contributed by atoms with E-state index in [9.17, 15) is 38.7 Å². The number of aromatic amines is 2. The molecule has 12 atom stereocenters. The van der Waals surface area contributed by atoms with Crippen molar-refractivity contribution in [3.8, 4) is 11.4 Å². The maximum atomic E-state index is 15.5. The second-order valence-corrected chi connectivity index (χ2v) is 29.6. The van der Waals surface area contributed by atoms with Crippen LogP contribution < -0.4 is 5.32 Å². The van der Waals surface area contributed by atoms with Gasteiger partial charge in [-0.25, -0.2) is 4.98 Å². The molecule has 1 aliphatic heterocycles. The molecule has 8 amide bonds. The Morgan fingerprint density at radius 2 is 1.05 bits per heavy atom. The van der Waals surface area contributed by atoms with Crippen molar-refractivity contribution >= 4 is 75.6 Å². The summed E-state index contributed by atoms with van der Waals surface area (Å²) in [6.07, 6.45) is -1.73. The average Bonchev–Trinajstić information content (AvgIpc) is 1.54. The molecule has 0 aliphatic carbocycles. The van der Waals surface area contributed by atoms with Gasteiger partial charge in [-0.3, -0.25) is 52.7 Å². The molecule has 0 bridgehead atoms. The van der Waals surface area contributed by atoms with E-state index in [1.54, 1.807) is 66.7 Å². The van der Waals surface area contributed by atoms with E-state index >= 15 is 19.2 Å². The number of carbonyl (C=O) groups is 11. The number of likely N-dealkylation sites (N-methyl/N-ethyl adjacent to an activating group) is 7. The molecular formula is C70H114N14O12. The Balaban J connectivity index is 1.91. The molecule has 3 aromatic rings. The molecule has 0 spiro atoms. The quantitative estimate of drug-likeness (QED) is 0.130. The SMILES string of the molecule is CC[C@@H]1CC(=O)[C@H]([C@H](O)[C@H](C)Cc2nc3ccc(-c4nn[nH]n4)cc3[nH]2)N(C)C(=O)[C@H](C(C)C)N(C)C(=O)[C@H](CC(C)C)N(C)C(=O)[C@H](CC(C)C)N(C)C(=O)[C@@H](C)NC(=O)[C@H](C)CC(=O)[C@H](CC(C)C)N(C)C(=O)[C@H](C(C)C)CC(=O)[C@H](CC(C)C)N(C)C(=O)CN(C)C1=O. The molecule has 4 N–H and O–H groups in total. The molecule has 2 aromatic heterocycles. The van der Waals surface area contributed by atoms with Crippen LogP contribution in [-0.2, 0) is 59.2 Å². The Kier molecular flexibility index (Phi) is 30.1. The van der Waals surface area contributed by atoms with Gasteiger partial charge in [-0.05, 0) is 104 Å². The highest BCUT2D eigenvalue weighted by Crippen LogP contribution is 2.30. The normalized spacial score (nSPS) is 25.4. The number of nitrogens with zero attached hydrogens (tertiary/aromatic N) is 11. The van der Waals surface area contributed by atoms with Crippen molar-refractivity contribution in [1.82, 2.24) is 70.2 Å². The summed E-state index contributed by atoms with van der Waals surface area (Å²) >= 11 is 0. The number of imidazole rings is 1. The third-order valence-electron chi connectivity index (χ3n) is 19.0. The van der Waals surface area contributed by atoms with Crippen LogP contribution in [0.4, 0.5) is 0 Å². The zero-order valence-electron chi connectivity index (χ0n) is 61.6. The third-order valence-corrected chi connectivity index (χ3v) is 19.0. The van der Waals surface area contributed by atoms with E-state index in [0.717, 1.165) is 4.90 Å². The zero-order chi connectivity index (χ0) is 72.8. The second kappa shape index (κ2) is 35.7. The number of rotatable bonds is 16. The number of hydrogen-bond donors (Lipinski definition) is 4. The summed E-state index contributed by atoms with van der Waals surface area (Å²) in [6.45, 7) is 28.1. The first kappa shape index (κ1) is 80.9.